The molecule has 1 spiro atoms. The van der Waals surface area contributed by atoms with Gasteiger partial charge in [0.15, 0.2) is 0 Å². The van der Waals surface area contributed by atoms with Gasteiger partial charge in [0, 0.05) is 23.5 Å². The van der Waals surface area contributed by atoms with Crippen molar-refractivity contribution in [3.8, 4) is 0 Å². The zero-order chi connectivity index (χ0) is 26.5. The summed E-state index contributed by atoms with van der Waals surface area (Å²) in [7, 11) is 0. The van der Waals surface area contributed by atoms with E-state index in [1.165, 1.54) is 11.8 Å². The molecule has 2 fully saturated rings. The highest BCUT2D eigenvalue weighted by atomic mass is 32.2. The molecule has 0 atom stereocenters. The van der Waals surface area contributed by atoms with Gasteiger partial charge < -0.3 is 10.2 Å². The van der Waals surface area contributed by atoms with Crippen molar-refractivity contribution in [1.29, 1.82) is 0 Å². The van der Waals surface area contributed by atoms with Crippen molar-refractivity contribution in [2.45, 2.75) is 35.6 Å². The van der Waals surface area contributed by atoms with E-state index in [1.807, 2.05) is 6.26 Å². The normalized spacial score (nSPS) is 18.1. The summed E-state index contributed by atoms with van der Waals surface area (Å²) in [6, 6.07) is 6.79. The monoisotopic (exact) mass is 531 g/mol. The van der Waals surface area contributed by atoms with Gasteiger partial charge in [0.25, 0.3) is 11.8 Å². The highest BCUT2D eigenvalue weighted by Gasteiger charge is 2.53. The summed E-state index contributed by atoms with van der Waals surface area (Å²) in [5, 5.41) is 2.65. The van der Waals surface area contributed by atoms with Crippen LogP contribution >= 0.6 is 11.8 Å². The van der Waals surface area contributed by atoms with Crippen molar-refractivity contribution in [1.82, 2.24) is 10.2 Å². The van der Waals surface area contributed by atoms with Crippen molar-refractivity contribution in [3.05, 3.63) is 59.2 Å². The Balaban J connectivity index is 1.53. The lowest BCUT2D eigenvalue weighted by atomic mass is 9.87. The predicted molar refractivity (Wildman–Crippen MR) is 119 cm³/mol. The second-order valence-electron chi connectivity index (χ2n) is 8.44. The van der Waals surface area contributed by atoms with Crippen molar-refractivity contribution >= 4 is 35.3 Å². The number of amides is 4. The van der Waals surface area contributed by atoms with E-state index in [2.05, 4.69) is 5.32 Å². The predicted octanol–water partition coefficient (Wildman–Crippen LogP) is 5.18. The maximum absolute atomic E-state index is 13.2. The summed E-state index contributed by atoms with van der Waals surface area (Å²) < 4.78 is 79.0. The molecule has 0 saturated carbocycles. The number of hydrogen-bond acceptors (Lipinski definition) is 4. The van der Waals surface area contributed by atoms with E-state index in [4.69, 9.17) is 0 Å². The minimum atomic E-state index is -5.08. The molecule has 1 N–H and O–H groups in total. The Kier molecular flexibility index (Phi) is 6.48. The summed E-state index contributed by atoms with van der Waals surface area (Å²) in [6.45, 7) is -0.302. The van der Waals surface area contributed by atoms with Gasteiger partial charge in [0.1, 0.15) is 5.54 Å². The molecule has 2 aromatic rings. The molecule has 0 aromatic heterocycles. The van der Waals surface area contributed by atoms with Gasteiger partial charge in [-0.3, -0.25) is 9.59 Å². The van der Waals surface area contributed by atoms with Crippen LogP contribution in [0.2, 0.25) is 0 Å². The molecule has 2 aliphatic rings. The van der Waals surface area contributed by atoms with Crippen LogP contribution in [-0.2, 0) is 17.1 Å². The molecule has 2 saturated heterocycles. The average molecular weight is 531 g/mol. The van der Waals surface area contributed by atoms with E-state index in [0.717, 1.165) is 14.7 Å². The quantitative estimate of drug-likeness (QED) is 0.337. The van der Waals surface area contributed by atoms with Crippen LogP contribution in [0.3, 0.4) is 0 Å². The fourth-order valence-electron chi connectivity index (χ4n) is 4.28. The molecule has 0 aliphatic carbocycles. The number of likely N-dealkylation sites (tertiary alicyclic amines) is 1. The number of thioether (sulfide) groups is 1. The van der Waals surface area contributed by atoms with Gasteiger partial charge in [-0.05, 0) is 61.6 Å². The number of halogens is 6. The number of alkyl halides is 6. The van der Waals surface area contributed by atoms with Crippen LogP contribution in [0.15, 0.2) is 47.4 Å². The first kappa shape index (κ1) is 25.9. The number of imide groups is 1. The number of piperidine rings is 1. The highest BCUT2D eigenvalue weighted by Crippen LogP contribution is 2.38. The van der Waals surface area contributed by atoms with E-state index >= 15 is 0 Å². The van der Waals surface area contributed by atoms with E-state index in [-0.39, 0.29) is 32.0 Å². The lowest BCUT2D eigenvalue weighted by Gasteiger charge is -2.37. The molecule has 0 bridgehead atoms. The SMILES string of the molecule is CSc1ccc(N2C(=O)NC3(CCN(C(=O)c4cc(C(F)(F)F)cc(C(F)(F)F)c4)CC3)C2=O)cc1. The third-order valence-corrected chi connectivity index (χ3v) is 6.97. The molecule has 36 heavy (non-hydrogen) atoms. The third-order valence-electron chi connectivity index (χ3n) is 6.23. The fourth-order valence-corrected chi connectivity index (χ4v) is 4.69. The number of nitrogens with zero attached hydrogens (tertiary/aromatic N) is 2. The van der Waals surface area contributed by atoms with Crippen LogP contribution in [-0.4, -0.2) is 47.6 Å². The number of urea groups is 1. The molecular formula is C23H19F6N3O3S. The van der Waals surface area contributed by atoms with E-state index < -0.39 is 52.4 Å². The van der Waals surface area contributed by atoms with Crippen molar-refractivity contribution in [2.24, 2.45) is 0 Å². The first-order valence-electron chi connectivity index (χ1n) is 10.6. The number of rotatable bonds is 3. The molecule has 13 heteroatoms. The topological polar surface area (TPSA) is 69.7 Å². The summed E-state index contributed by atoms with van der Waals surface area (Å²) in [6.07, 6.45) is -8.39. The molecule has 0 unspecified atom stereocenters. The van der Waals surface area contributed by atoms with Crippen molar-refractivity contribution < 1.29 is 40.7 Å². The smallest absolute Gasteiger partial charge is 0.338 e. The second-order valence-corrected chi connectivity index (χ2v) is 9.32. The van der Waals surface area contributed by atoms with Crippen LogP contribution in [0.1, 0.15) is 34.3 Å². The van der Waals surface area contributed by atoms with Gasteiger partial charge in [-0.15, -0.1) is 11.8 Å². The highest BCUT2D eigenvalue weighted by molar-refractivity contribution is 7.98. The van der Waals surface area contributed by atoms with Crippen LogP contribution in [0.25, 0.3) is 0 Å². The number of carbonyl (C=O) groups is 3. The maximum Gasteiger partial charge on any atom is 0.416 e. The van der Waals surface area contributed by atoms with E-state index in [9.17, 15) is 40.7 Å². The molecule has 2 aliphatic heterocycles. The first-order valence-corrected chi connectivity index (χ1v) is 11.9. The van der Waals surface area contributed by atoms with Crippen molar-refractivity contribution in [3.63, 3.8) is 0 Å². The van der Waals surface area contributed by atoms with Gasteiger partial charge in [0.2, 0.25) is 0 Å². The van der Waals surface area contributed by atoms with Gasteiger partial charge in [-0.2, -0.15) is 26.3 Å². The lowest BCUT2D eigenvalue weighted by molar-refractivity contribution is -0.143. The fraction of sp³-hybridized carbons (Fsp3) is 0.348. The summed E-state index contributed by atoms with van der Waals surface area (Å²) in [4.78, 5) is 41.7. The summed E-state index contributed by atoms with van der Waals surface area (Å²) >= 11 is 1.48. The Hall–Kier alpha value is -3.22. The molecule has 4 rings (SSSR count). The van der Waals surface area contributed by atoms with Gasteiger partial charge in [0.05, 0.1) is 16.8 Å². The molecule has 2 heterocycles. The molecule has 4 amide bonds. The van der Waals surface area contributed by atoms with Gasteiger partial charge in [-0.25, -0.2) is 9.69 Å². The Labute approximate surface area is 205 Å². The van der Waals surface area contributed by atoms with Crippen LogP contribution in [0.4, 0.5) is 36.8 Å². The largest absolute Gasteiger partial charge is 0.416 e. The molecule has 6 nitrogen and oxygen atoms in total. The Morgan fingerprint density at radius 2 is 1.44 bits per heavy atom. The number of nitrogens with one attached hydrogen (secondary N) is 1. The molecule has 2 aromatic carbocycles. The second kappa shape index (κ2) is 9.02. The minimum Gasteiger partial charge on any atom is -0.338 e. The van der Waals surface area contributed by atoms with Crippen LogP contribution < -0.4 is 10.2 Å². The standard InChI is InChI=1S/C23H19F6N3O3S/c1-36-17-4-2-16(3-5-17)32-19(34)21(30-20(32)35)6-8-31(9-7-21)18(33)13-10-14(22(24,25)26)12-15(11-13)23(27,28)29/h2-5,10-12H,6-9H2,1H3,(H,30,35). The van der Waals surface area contributed by atoms with Gasteiger partial charge in [-0.1, -0.05) is 0 Å². The first-order chi connectivity index (χ1) is 16.7. The number of carbonyl (C=O) groups excluding carboxylic acids is 3. The van der Waals surface area contributed by atoms with E-state index in [1.54, 1.807) is 24.3 Å². The number of benzene rings is 2. The maximum atomic E-state index is 13.2. The zero-order valence-corrected chi connectivity index (χ0v) is 19.5. The lowest BCUT2D eigenvalue weighted by Crippen LogP contribution is -2.56. The molecule has 192 valence electrons. The summed E-state index contributed by atoms with van der Waals surface area (Å²) in [5.74, 6) is -1.56. The average Bonchev–Trinajstić information content (AvgIpc) is 3.06. The Morgan fingerprint density at radius 1 is 0.917 bits per heavy atom. The molecule has 0 radical (unpaired) electrons. The van der Waals surface area contributed by atoms with Crippen LogP contribution in [0, 0.1) is 0 Å². The van der Waals surface area contributed by atoms with Crippen molar-refractivity contribution in [2.75, 3.05) is 24.2 Å². The minimum absolute atomic E-state index is 0.0466. The van der Waals surface area contributed by atoms with E-state index in [0.29, 0.717) is 17.8 Å². The molecular weight excluding hydrogens is 512 g/mol. The Morgan fingerprint density at radius 3 is 1.92 bits per heavy atom. The van der Waals surface area contributed by atoms with Crippen LogP contribution in [0.5, 0.6) is 0 Å². The zero-order valence-electron chi connectivity index (χ0n) is 18.7. The Bertz CT molecular complexity index is 1170. The number of anilines is 1. The summed E-state index contributed by atoms with van der Waals surface area (Å²) in [5.41, 5.74) is -4.90. The van der Waals surface area contributed by atoms with Gasteiger partial charge >= 0.3 is 18.4 Å². The third kappa shape index (κ3) is 4.75. The number of hydrogen-bond donors (Lipinski definition) is 1.